The molecule has 2 heterocycles. The van der Waals surface area contributed by atoms with Gasteiger partial charge in [0.05, 0.1) is 6.04 Å². The molecule has 2 aliphatic heterocycles. The van der Waals surface area contributed by atoms with Crippen molar-refractivity contribution in [2.45, 2.75) is 18.9 Å². The van der Waals surface area contributed by atoms with Gasteiger partial charge in [-0.3, -0.25) is 14.5 Å². The SMILES string of the molecule is CN(C)c1ccc([C@H](CNC(=O)C(=O)Nc2ccc3c(c2)OCCO3)N2CCCC2)cc1. The first-order valence-electron chi connectivity index (χ1n) is 11.0. The normalized spacial score (nSPS) is 16.3. The van der Waals surface area contributed by atoms with Crippen LogP contribution in [-0.4, -0.2) is 63.7 Å². The predicted molar refractivity (Wildman–Crippen MR) is 123 cm³/mol. The first kappa shape index (κ1) is 22.0. The van der Waals surface area contributed by atoms with Gasteiger partial charge in [0, 0.05) is 38.1 Å². The number of nitrogens with zero attached hydrogens (tertiary/aromatic N) is 2. The molecule has 170 valence electrons. The van der Waals surface area contributed by atoms with Gasteiger partial charge in [-0.05, 0) is 55.8 Å². The molecule has 0 saturated carbocycles. The molecule has 2 aromatic rings. The minimum Gasteiger partial charge on any atom is -0.486 e. The lowest BCUT2D eigenvalue weighted by Crippen LogP contribution is -2.41. The summed E-state index contributed by atoms with van der Waals surface area (Å²) >= 11 is 0. The average Bonchev–Trinajstić information content (AvgIpc) is 3.34. The Hall–Kier alpha value is -3.26. The van der Waals surface area contributed by atoms with E-state index in [2.05, 4.69) is 44.7 Å². The number of hydrogen-bond acceptors (Lipinski definition) is 6. The maximum Gasteiger partial charge on any atom is 0.313 e. The van der Waals surface area contributed by atoms with Crippen molar-refractivity contribution in [1.29, 1.82) is 0 Å². The minimum absolute atomic E-state index is 0.0276. The second-order valence-electron chi connectivity index (χ2n) is 8.27. The molecule has 4 rings (SSSR count). The second kappa shape index (κ2) is 9.91. The van der Waals surface area contributed by atoms with E-state index in [1.54, 1.807) is 18.2 Å². The van der Waals surface area contributed by atoms with Crippen LogP contribution >= 0.6 is 0 Å². The van der Waals surface area contributed by atoms with E-state index in [1.165, 1.54) is 0 Å². The largest absolute Gasteiger partial charge is 0.486 e. The van der Waals surface area contributed by atoms with Crippen molar-refractivity contribution in [3.8, 4) is 11.5 Å². The van der Waals surface area contributed by atoms with Crippen LogP contribution in [0, 0.1) is 0 Å². The number of benzene rings is 2. The molecule has 2 aliphatic rings. The molecular formula is C24H30N4O4. The van der Waals surface area contributed by atoms with Gasteiger partial charge < -0.3 is 25.0 Å². The minimum atomic E-state index is -0.704. The van der Waals surface area contributed by atoms with Gasteiger partial charge in [-0.15, -0.1) is 0 Å². The number of rotatable bonds is 6. The summed E-state index contributed by atoms with van der Waals surface area (Å²) < 4.78 is 11.0. The number of fused-ring (bicyclic) bond motifs is 1. The summed E-state index contributed by atoms with van der Waals surface area (Å²) in [4.78, 5) is 29.4. The fourth-order valence-corrected chi connectivity index (χ4v) is 4.08. The Kier molecular flexibility index (Phi) is 6.80. The van der Waals surface area contributed by atoms with Crippen molar-refractivity contribution in [2.75, 3.05) is 57.2 Å². The van der Waals surface area contributed by atoms with Crippen LogP contribution in [0.5, 0.6) is 11.5 Å². The molecule has 8 heteroatoms. The summed E-state index contributed by atoms with van der Waals surface area (Å²) in [5.41, 5.74) is 2.74. The predicted octanol–water partition coefficient (Wildman–Crippen LogP) is 2.42. The van der Waals surface area contributed by atoms with Gasteiger partial charge in [-0.2, -0.15) is 0 Å². The third-order valence-corrected chi connectivity index (χ3v) is 5.84. The maximum absolute atomic E-state index is 12.5. The number of anilines is 2. The lowest BCUT2D eigenvalue weighted by molar-refractivity contribution is -0.136. The molecule has 2 N–H and O–H groups in total. The Bertz CT molecular complexity index is 955. The average molecular weight is 439 g/mol. The molecule has 0 unspecified atom stereocenters. The molecule has 0 aromatic heterocycles. The lowest BCUT2D eigenvalue weighted by Gasteiger charge is -2.28. The molecule has 0 aliphatic carbocycles. The second-order valence-corrected chi connectivity index (χ2v) is 8.27. The van der Waals surface area contributed by atoms with E-state index in [9.17, 15) is 9.59 Å². The fraction of sp³-hybridized carbons (Fsp3) is 0.417. The van der Waals surface area contributed by atoms with E-state index < -0.39 is 11.8 Å². The molecule has 0 radical (unpaired) electrons. The van der Waals surface area contributed by atoms with Crippen LogP contribution in [0.15, 0.2) is 42.5 Å². The number of carbonyl (C=O) groups excluding carboxylic acids is 2. The summed E-state index contributed by atoms with van der Waals surface area (Å²) in [7, 11) is 4.01. The van der Waals surface area contributed by atoms with Crippen molar-refractivity contribution >= 4 is 23.2 Å². The molecule has 1 saturated heterocycles. The van der Waals surface area contributed by atoms with Crippen molar-refractivity contribution in [2.24, 2.45) is 0 Å². The molecule has 0 bridgehead atoms. The highest BCUT2D eigenvalue weighted by Gasteiger charge is 2.25. The van der Waals surface area contributed by atoms with Crippen molar-refractivity contribution in [3.05, 3.63) is 48.0 Å². The van der Waals surface area contributed by atoms with E-state index in [0.717, 1.165) is 37.2 Å². The van der Waals surface area contributed by atoms with E-state index in [4.69, 9.17) is 9.47 Å². The number of hydrogen-bond donors (Lipinski definition) is 2. The van der Waals surface area contributed by atoms with Gasteiger partial charge in [-0.1, -0.05) is 12.1 Å². The lowest BCUT2D eigenvalue weighted by atomic mass is 10.0. The maximum atomic E-state index is 12.5. The Labute approximate surface area is 188 Å². The molecule has 0 spiro atoms. The van der Waals surface area contributed by atoms with Gasteiger partial charge in [0.2, 0.25) is 0 Å². The number of ether oxygens (including phenoxy) is 2. The third kappa shape index (κ3) is 5.13. The number of likely N-dealkylation sites (tertiary alicyclic amines) is 1. The zero-order valence-corrected chi connectivity index (χ0v) is 18.6. The van der Waals surface area contributed by atoms with Crippen molar-refractivity contribution in [3.63, 3.8) is 0 Å². The van der Waals surface area contributed by atoms with Crippen LogP contribution in [0.25, 0.3) is 0 Å². The van der Waals surface area contributed by atoms with Gasteiger partial charge in [0.15, 0.2) is 11.5 Å². The highest BCUT2D eigenvalue weighted by atomic mass is 16.6. The standard InChI is InChI=1S/C24H30N4O4/c1-27(2)19-8-5-17(6-9-19)20(28-11-3-4-12-28)16-25-23(29)24(30)26-18-7-10-21-22(15-18)32-14-13-31-21/h5-10,15,20H,3-4,11-14,16H2,1-2H3,(H,25,29)(H,26,30)/t20-/m0/s1. The molecule has 1 fully saturated rings. The Morgan fingerprint density at radius 2 is 1.66 bits per heavy atom. The van der Waals surface area contributed by atoms with Crippen LogP contribution in [0.2, 0.25) is 0 Å². The summed E-state index contributed by atoms with van der Waals surface area (Å²) in [6, 6.07) is 13.5. The zero-order valence-electron chi connectivity index (χ0n) is 18.6. The van der Waals surface area contributed by atoms with Crippen molar-refractivity contribution in [1.82, 2.24) is 10.2 Å². The van der Waals surface area contributed by atoms with Gasteiger partial charge in [-0.25, -0.2) is 0 Å². The van der Waals surface area contributed by atoms with Gasteiger partial charge in [0.25, 0.3) is 0 Å². The van der Waals surface area contributed by atoms with E-state index in [1.807, 2.05) is 14.1 Å². The Balaban J connectivity index is 1.38. The summed E-state index contributed by atoms with van der Waals surface area (Å²) in [5, 5.41) is 5.46. The number of nitrogens with one attached hydrogen (secondary N) is 2. The van der Waals surface area contributed by atoms with Crippen LogP contribution in [0.1, 0.15) is 24.4 Å². The van der Waals surface area contributed by atoms with Crippen LogP contribution in [0.3, 0.4) is 0 Å². The topological polar surface area (TPSA) is 83.1 Å². The van der Waals surface area contributed by atoms with Crippen LogP contribution in [-0.2, 0) is 9.59 Å². The molecule has 2 amide bonds. The molecule has 1 atom stereocenters. The van der Waals surface area contributed by atoms with E-state index in [0.29, 0.717) is 36.9 Å². The quantitative estimate of drug-likeness (QED) is 0.674. The Morgan fingerprint density at radius 3 is 2.34 bits per heavy atom. The fourth-order valence-electron chi connectivity index (χ4n) is 4.08. The van der Waals surface area contributed by atoms with Crippen LogP contribution in [0.4, 0.5) is 11.4 Å². The highest BCUT2D eigenvalue weighted by molar-refractivity contribution is 6.39. The summed E-state index contributed by atoms with van der Waals surface area (Å²) in [6.07, 6.45) is 2.29. The summed E-state index contributed by atoms with van der Waals surface area (Å²) in [6.45, 7) is 3.29. The zero-order chi connectivity index (χ0) is 22.5. The smallest absolute Gasteiger partial charge is 0.313 e. The van der Waals surface area contributed by atoms with Gasteiger partial charge >= 0.3 is 11.8 Å². The highest BCUT2D eigenvalue weighted by Crippen LogP contribution is 2.32. The summed E-state index contributed by atoms with van der Waals surface area (Å²) in [5.74, 6) is -0.170. The first-order chi connectivity index (χ1) is 15.5. The van der Waals surface area contributed by atoms with Crippen LogP contribution < -0.4 is 25.0 Å². The van der Waals surface area contributed by atoms with Gasteiger partial charge in [0.1, 0.15) is 13.2 Å². The molecular weight excluding hydrogens is 408 g/mol. The van der Waals surface area contributed by atoms with Crippen molar-refractivity contribution < 1.29 is 19.1 Å². The number of carbonyl (C=O) groups is 2. The Morgan fingerprint density at radius 1 is 0.969 bits per heavy atom. The molecule has 8 nitrogen and oxygen atoms in total. The first-order valence-corrected chi connectivity index (χ1v) is 11.0. The number of amides is 2. The van der Waals surface area contributed by atoms with E-state index >= 15 is 0 Å². The third-order valence-electron chi connectivity index (χ3n) is 5.84. The monoisotopic (exact) mass is 438 g/mol. The van der Waals surface area contributed by atoms with E-state index in [-0.39, 0.29) is 6.04 Å². The molecule has 2 aromatic carbocycles. The molecule has 32 heavy (non-hydrogen) atoms.